The number of hydrogen-bond donors (Lipinski definition) is 2. The van der Waals surface area contributed by atoms with Crippen LogP contribution in [0.25, 0.3) is 11.4 Å². The van der Waals surface area contributed by atoms with Crippen molar-refractivity contribution in [3.63, 3.8) is 0 Å². The minimum absolute atomic E-state index is 0.0889. The van der Waals surface area contributed by atoms with E-state index in [2.05, 4.69) is 15.5 Å². The van der Waals surface area contributed by atoms with Gasteiger partial charge in [0.25, 0.3) is 0 Å². The highest BCUT2D eigenvalue weighted by molar-refractivity contribution is 5.95. The summed E-state index contributed by atoms with van der Waals surface area (Å²) in [6, 6.07) is 7.41. The molecule has 6 heteroatoms. The molecule has 2 aromatic rings. The lowest BCUT2D eigenvalue weighted by molar-refractivity contribution is -0.116. The van der Waals surface area contributed by atoms with Gasteiger partial charge in [-0.1, -0.05) is 19.1 Å². The van der Waals surface area contributed by atoms with Crippen molar-refractivity contribution in [2.75, 3.05) is 5.32 Å². The third kappa shape index (κ3) is 3.21. The zero-order chi connectivity index (χ0) is 14.5. The Morgan fingerprint density at radius 2 is 2.20 bits per heavy atom. The first-order chi connectivity index (χ1) is 9.61. The number of aromatic nitrogens is 3. The molecule has 20 heavy (non-hydrogen) atoms. The van der Waals surface area contributed by atoms with Crippen LogP contribution in [-0.4, -0.2) is 26.7 Å². The van der Waals surface area contributed by atoms with Crippen LogP contribution in [-0.2, 0) is 11.8 Å². The second kappa shape index (κ2) is 6.29. The van der Waals surface area contributed by atoms with Crippen LogP contribution in [0.15, 0.2) is 30.6 Å². The van der Waals surface area contributed by atoms with E-state index in [-0.39, 0.29) is 11.9 Å². The first-order valence-corrected chi connectivity index (χ1v) is 6.60. The van der Waals surface area contributed by atoms with Crippen molar-refractivity contribution in [3.05, 3.63) is 30.6 Å². The second-order valence-corrected chi connectivity index (χ2v) is 4.73. The van der Waals surface area contributed by atoms with Crippen molar-refractivity contribution in [3.8, 4) is 11.4 Å². The van der Waals surface area contributed by atoms with Gasteiger partial charge >= 0.3 is 0 Å². The average Bonchev–Trinajstić information content (AvgIpc) is 2.85. The summed E-state index contributed by atoms with van der Waals surface area (Å²) < 4.78 is 1.81. The van der Waals surface area contributed by atoms with E-state index < -0.39 is 0 Å². The molecule has 0 aliphatic carbocycles. The standard InChI is InChI=1S/C14H19N5O/c1-3-10(15)8-13(20)17-12-7-5-4-6-11(12)14-18-16-9-19(14)2/h4-7,9-10H,3,8,15H2,1-2H3,(H,17,20). The molecule has 1 aromatic carbocycles. The number of carbonyl (C=O) groups is 1. The van der Waals surface area contributed by atoms with Crippen molar-refractivity contribution >= 4 is 11.6 Å². The third-order valence-corrected chi connectivity index (χ3v) is 3.13. The van der Waals surface area contributed by atoms with E-state index >= 15 is 0 Å². The van der Waals surface area contributed by atoms with Crippen LogP contribution in [0.4, 0.5) is 5.69 Å². The zero-order valence-electron chi connectivity index (χ0n) is 11.7. The van der Waals surface area contributed by atoms with Crippen molar-refractivity contribution in [2.24, 2.45) is 12.8 Å². The minimum atomic E-state index is -0.114. The number of nitrogens with zero attached hydrogens (tertiary/aromatic N) is 3. The Labute approximate surface area is 118 Å². The van der Waals surface area contributed by atoms with Crippen molar-refractivity contribution in [1.82, 2.24) is 14.8 Å². The molecule has 0 saturated heterocycles. The zero-order valence-corrected chi connectivity index (χ0v) is 11.7. The summed E-state index contributed by atoms with van der Waals surface area (Å²) in [4.78, 5) is 12.0. The molecular weight excluding hydrogens is 254 g/mol. The van der Waals surface area contributed by atoms with Gasteiger partial charge in [0.1, 0.15) is 6.33 Å². The highest BCUT2D eigenvalue weighted by Gasteiger charge is 2.13. The maximum Gasteiger partial charge on any atom is 0.225 e. The molecule has 1 aromatic heterocycles. The molecule has 106 valence electrons. The predicted molar refractivity (Wildman–Crippen MR) is 78.0 cm³/mol. The van der Waals surface area contributed by atoms with Crippen LogP contribution in [0.2, 0.25) is 0 Å². The fourth-order valence-electron chi connectivity index (χ4n) is 1.90. The predicted octanol–water partition coefficient (Wildman–Crippen LogP) is 1.55. The number of anilines is 1. The van der Waals surface area contributed by atoms with E-state index in [0.29, 0.717) is 12.2 Å². The fourth-order valence-corrected chi connectivity index (χ4v) is 1.90. The number of aryl methyl sites for hydroxylation is 1. The number of carbonyl (C=O) groups excluding carboxylic acids is 1. The minimum Gasteiger partial charge on any atom is -0.327 e. The normalized spacial score (nSPS) is 12.2. The first kappa shape index (κ1) is 14.2. The van der Waals surface area contributed by atoms with Gasteiger partial charge in [-0.3, -0.25) is 4.79 Å². The number of hydrogen-bond acceptors (Lipinski definition) is 4. The fraction of sp³-hybridized carbons (Fsp3) is 0.357. The number of nitrogens with two attached hydrogens (primary N) is 1. The van der Waals surface area contributed by atoms with Gasteiger partial charge in [-0.05, 0) is 18.6 Å². The number of rotatable bonds is 5. The van der Waals surface area contributed by atoms with Crippen LogP contribution < -0.4 is 11.1 Å². The molecule has 2 rings (SSSR count). The summed E-state index contributed by atoms with van der Waals surface area (Å²) in [5, 5.41) is 10.8. The molecule has 0 aliphatic heterocycles. The van der Waals surface area contributed by atoms with Crippen LogP contribution in [0.5, 0.6) is 0 Å². The van der Waals surface area contributed by atoms with Crippen molar-refractivity contribution in [1.29, 1.82) is 0 Å². The molecule has 0 bridgehead atoms. The van der Waals surface area contributed by atoms with Gasteiger partial charge in [0.05, 0.1) is 5.69 Å². The smallest absolute Gasteiger partial charge is 0.225 e. The Hall–Kier alpha value is -2.21. The van der Waals surface area contributed by atoms with E-state index in [1.165, 1.54) is 0 Å². The Balaban J connectivity index is 2.21. The van der Waals surface area contributed by atoms with E-state index in [9.17, 15) is 4.79 Å². The highest BCUT2D eigenvalue weighted by atomic mass is 16.1. The van der Waals surface area contributed by atoms with Crippen LogP contribution in [0.1, 0.15) is 19.8 Å². The molecule has 0 radical (unpaired) electrons. The van der Waals surface area contributed by atoms with Crippen LogP contribution >= 0.6 is 0 Å². The maximum atomic E-state index is 12.0. The number of para-hydroxylation sites is 1. The average molecular weight is 273 g/mol. The number of benzene rings is 1. The summed E-state index contributed by atoms with van der Waals surface area (Å²) in [6.45, 7) is 1.96. The lowest BCUT2D eigenvalue weighted by atomic mass is 10.1. The molecule has 1 amide bonds. The molecule has 0 spiro atoms. The Bertz CT molecular complexity index is 593. The molecular formula is C14H19N5O. The number of amides is 1. The highest BCUT2D eigenvalue weighted by Crippen LogP contribution is 2.25. The van der Waals surface area contributed by atoms with Crippen LogP contribution in [0.3, 0.4) is 0 Å². The summed E-state index contributed by atoms with van der Waals surface area (Å²) in [7, 11) is 1.86. The van der Waals surface area contributed by atoms with Gasteiger partial charge < -0.3 is 15.6 Å². The Morgan fingerprint density at radius 3 is 2.85 bits per heavy atom. The maximum absolute atomic E-state index is 12.0. The van der Waals surface area contributed by atoms with Crippen molar-refractivity contribution < 1.29 is 4.79 Å². The molecule has 1 heterocycles. The lowest BCUT2D eigenvalue weighted by Crippen LogP contribution is -2.26. The molecule has 0 fully saturated rings. The van der Waals surface area contributed by atoms with Gasteiger partial charge in [-0.15, -0.1) is 10.2 Å². The first-order valence-electron chi connectivity index (χ1n) is 6.60. The van der Waals surface area contributed by atoms with E-state index in [0.717, 1.165) is 17.7 Å². The van der Waals surface area contributed by atoms with Gasteiger partial charge in [0.15, 0.2) is 5.82 Å². The lowest BCUT2D eigenvalue weighted by Gasteiger charge is -2.12. The SMILES string of the molecule is CCC(N)CC(=O)Nc1ccccc1-c1nncn1C. The van der Waals surface area contributed by atoms with E-state index in [4.69, 9.17) is 5.73 Å². The molecule has 3 N–H and O–H groups in total. The van der Waals surface area contributed by atoms with Gasteiger partial charge in [-0.2, -0.15) is 0 Å². The van der Waals surface area contributed by atoms with E-state index in [1.807, 2.05) is 42.8 Å². The van der Waals surface area contributed by atoms with Gasteiger partial charge in [0, 0.05) is 25.1 Å². The second-order valence-electron chi connectivity index (χ2n) is 4.73. The van der Waals surface area contributed by atoms with Crippen molar-refractivity contribution in [2.45, 2.75) is 25.8 Å². The monoisotopic (exact) mass is 273 g/mol. The molecule has 0 aliphatic rings. The van der Waals surface area contributed by atoms with Gasteiger partial charge in [0.2, 0.25) is 5.91 Å². The van der Waals surface area contributed by atoms with Gasteiger partial charge in [-0.25, -0.2) is 0 Å². The summed E-state index contributed by atoms with van der Waals surface area (Å²) >= 11 is 0. The molecule has 1 atom stereocenters. The van der Waals surface area contributed by atoms with E-state index in [1.54, 1.807) is 6.33 Å². The molecule has 1 unspecified atom stereocenters. The summed E-state index contributed by atoms with van der Waals surface area (Å²) in [5.74, 6) is 0.620. The topological polar surface area (TPSA) is 85.8 Å². The third-order valence-electron chi connectivity index (χ3n) is 3.13. The van der Waals surface area contributed by atoms with Crippen LogP contribution in [0, 0.1) is 0 Å². The number of nitrogens with one attached hydrogen (secondary N) is 1. The Kier molecular flexibility index (Phi) is 4.47. The summed E-state index contributed by atoms with van der Waals surface area (Å²) in [6.07, 6.45) is 2.71. The molecule has 0 saturated carbocycles. The molecule has 6 nitrogen and oxygen atoms in total. The summed E-state index contributed by atoms with van der Waals surface area (Å²) in [5.41, 5.74) is 7.36. The quantitative estimate of drug-likeness (QED) is 0.865. The largest absolute Gasteiger partial charge is 0.327 e. The Morgan fingerprint density at radius 1 is 1.45 bits per heavy atom.